The lowest BCUT2D eigenvalue weighted by Gasteiger charge is -2.11. The van der Waals surface area contributed by atoms with Gasteiger partial charge in [-0.2, -0.15) is 0 Å². The molecule has 0 aliphatic rings. The fourth-order valence-electron chi connectivity index (χ4n) is 1.84. The van der Waals surface area contributed by atoms with Gasteiger partial charge in [-0.1, -0.05) is 24.0 Å². The van der Waals surface area contributed by atoms with Crippen molar-refractivity contribution in [3.05, 3.63) is 59.4 Å². The van der Waals surface area contributed by atoms with E-state index in [9.17, 15) is 4.39 Å². The maximum Gasteiger partial charge on any atom is 0.165 e. The summed E-state index contributed by atoms with van der Waals surface area (Å²) in [5, 5.41) is 0. The van der Waals surface area contributed by atoms with Gasteiger partial charge < -0.3 is 15.2 Å². The van der Waals surface area contributed by atoms with Crippen molar-refractivity contribution in [2.45, 2.75) is 6.61 Å². The molecule has 0 bridgehead atoms. The Bertz CT molecular complexity index is 674. The second-order valence-electron chi connectivity index (χ2n) is 4.25. The lowest BCUT2D eigenvalue weighted by atomic mass is 10.1. The van der Waals surface area contributed by atoms with E-state index >= 15 is 0 Å². The van der Waals surface area contributed by atoms with Gasteiger partial charge >= 0.3 is 0 Å². The molecule has 0 fully saturated rings. The maximum atomic E-state index is 13.5. The van der Waals surface area contributed by atoms with Gasteiger partial charge in [-0.25, -0.2) is 4.39 Å². The van der Waals surface area contributed by atoms with Crippen LogP contribution in [0.15, 0.2) is 42.5 Å². The van der Waals surface area contributed by atoms with Crippen molar-refractivity contribution in [1.82, 2.24) is 0 Å². The van der Waals surface area contributed by atoms with E-state index in [-0.39, 0.29) is 12.4 Å². The summed E-state index contributed by atoms with van der Waals surface area (Å²) in [5.41, 5.74) is 6.97. The first kappa shape index (κ1) is 14.9. The number of hydrogen-bond acceptors (Lipinski definition) is 3. The van der Waals surface area contributed by atoms with E-state index in [1.54, 1.807) is 31.4 Å². The summed E-state index contributed by atoms with van der Waals surface area (Å²) in [6.07, 6.45) is 0. The fraction of sp³-hybridized carbons (Fsp3) is 0.176. The van der Waals surface area contributed by atoms with Gasteiger partial charge in [-0.15, -0.1) is 0 Å². The predicted octanol–water partition coefficient (Wildman–Crippen LogP) is 2.72. The molecule has 0 aromatic heterocycles. The Labute approximate surface area is 123 Å². The Morgan fingerprint density at radius 2 is 1.95 bits per heavy atom. The van der Waals surface area contributed by atoms with Crippen molar-refractivity contribution in [2.75, 3.05) is 13.7 Å². The molecule has 3 nitrogen and oxygen atoms in total. The molecule has 0 atom stereocenters. The molecular formula is C17H16FNO2. The maximum absolute atomic E-state index is 13.5. The molecule has 0 spiro atoms. The zero-order valence-corrected chi connectivity index (χ0v) is 11.7. The van der Waals surface area contributed by atoms with Gasteiger partial charge in [0, 0.05) is 11.1 Å². The molecule has 0 aliphatic heterocycles. The highest BCUT2D eigenvalue weighted by Crippen LogP contribution is 2.23. The number of halogens is 1. The predicted molar refractivity (Wildman–Crippen MR) is 79.7 cm³/mol. The van der Waals surface area contributed by atoms with Crippen molar-refractivity contribution in [3.8, 4) is 23.3 Å². The van der Waals surface area contributed by atoms with Gasteiger partial charge in [0.15, 0.2) is 11.6 Å². The van der Waals surface area contributed by atoms with Crippen LogP contribution < -0.4 is 15.2 Å². The molecule has 0 radical (unpaired) electrons. The van der Waals surface area contributed by atoms with E-state index in [1.165, 1.54) is 6.07 Å². The highest BCUT2D eigenvalue weighted by atomic mass is 19.1. The van der Waals surface area contributed by atoms with Crippen molar-refractivity contribution in [1.29, 1.82) is 0 Å². The molecule has 2 rings (SSSR count). The van der Waals surface area contributed by atoms with Crippen LogP contribution in [0.2, 0.25) is 0 Å². The third-order valence-corrected chi connectivity index (χ3v) is 2.84. The number of para-hydroxylation sites is 1. The highest BCUT2D eigenvalue weighted by Gasteiger charge is 2.07. The third-order valence-electron chi connectivity index (χ3n) is 2.84. The summed E-state index contributed by atoms with van der Waals surface area (Å²) < 4.78 is 24.3. The molecule has 0 unspecified atom stereocenters. The van der Waals surface area contributed by atoms with Crippen LogP contribution in [0.5, 0.6) is 11.5 Å². The Balaban J connectivity index is 2.19. The molecule has 108 valence electrons. The summed E-state index contributed by atoms with van der Waals surface area (Å²) in [5.74, 6) is 6.22. The molecule has 2 aromatic carbocycles. The molecule has 0 saturated heterocycles. The smallest absolute Gasteiger partial charge is 0.165 e. The topological polar surface area (TPSA) is 44.5 Å². The number of hydrogen-bond donors (Lipinski definition) is 1. The summed E-state index contributed by atoms with van der Waals surface area (Å²) in [4.78, 5) is 0. The van der Waals surface area contributed by atoms with Gasteiger partial charge in [-0.3, -0.25) is 0 Å². The fourth-order valence-corrected chi connectivity index (χ4v) is 1.84. The Morgan fingerprint density at radius 3 is 2.67 bits per heavy atom. The molecule has 21 heavy (non-hydrogen) atoms. The molecule has 0 heterocycles. The van der Waals surface area contributed by atoms with E-state index in [2.05, 4.69) is 11.8 Å². The van der Waals surface area contributed by atoms with E-state index in [0.29, 0.717) is 12.3 Å². The number of rotatable bonds is 4. The number of nitrogens with two attached hydrogens (primary N) is 1. The second kappa shape index (κ2) is 7.32. The molecule has 0 saturated carbocycles. The SMILES string of the molecule is COc1ccc(C#CCN)cc1COc1ccccc1F. The average Bonchev–Trinajstić information content (AvgIpc) is 2.52. The lowest BCUT2D eigenvalue weighted by molar-refractivity contribution is 0.282. The largest absolute Gasteiger partial charge is 0.496 e. The minimum Gasteiger partial charge on any atom is -0.496 e. The van der Waals surface area contributed by atoms with Crippen LogP contribution in [0.25, 0.3) is 0 Å². The highest BCUT2D eigenvalue weighted by molar-refractivity contribution is 5.44. The van der Waals surface area contributed by atoms with Crippen LogP contribution in [0.4, 0.5) is 4.39 Å². The van der Waals surface area contributed by atoms with Gasteiger partial charge in [0.05, 0.1) is 13.7 Å². The van der Waals surface area contributed by atoms with Gasteiger partial charge in [0.1, 0.15) is 12.4 Å². The Morgan fingerprint density at radius 1 is 1.14 bits per heavy atom. The normalized spacial score (nSPS) is 9.67. The van der Waals surface area contributed by atoms with Crippen LogP contribution in [0.1, 0.15) is 11.1 Å². The standard InChI is InChI=1S/C17H16FNO2/c1-20-16-9-8-13(5-4-10-19)11-14(16)12-21-17-7-3-2-6-15(17)18/h2-3,6-9,11H,10,12,19H2,1H3. The minimum absolute atomic E-state index is 0.197. The molecular weight excluding hydrogens is 269 g/mol. The first-order chi connectivity index (χ1) is 10.2. The van der Waals surface area contributed by atoms with Gasteiger partial charge in [0.25, 0.3) is 0 Å². The third kappa shape index (κ3) is 3.98. The number of benzene rings is 2. The minimum atomic E-state index is -0.393. The second-order valence-corrected chi connectivity index (χ2v) is 4.25. The Kier molecular flexibility index (Phi) is 5.19. The van der Waals surface area contributed by atoms with Crippen molar-refractivity contribution < 1.29 is 13.9 Å². The molecule has 4 heteroatoms. The van der Waals surface area contributed by atoms with E-state index < -0.39 is 5.82 Å². The Hall–Kier alpha value is -2.51. The molecule has 2 N–H and O–H groups in total. The van der Waals surface area contributed by atoms with Crippen LogP contribution in [-0.2, 0) is 6.61 Å². The molecule has 0 aliphatic carbocycles. The lowest BCUT2D eigenvalue weighted by Crippen LogP contribution is -2.01. The first-order valence-corrected chi connectivity index (χ1v) is 6.47. The van der Waals surface area contributed by atoms with Crippen molar-refractivity contribution in [2.24, 2.45) is 5.73 Å². The van der Waals surface area contributed by atoms with Crippen LogP contribution in [0, 0.1) is 17.7 Å². The van der Waals surface area contributed by atoms with Crippen molar-refractivity contribution >= 4 is 0 Å². The van der Waals surface area contributed by atoms with Gasteiger partial charge in [0.2, 0.25) is 0 Å². The summed E-state index contributed by atoms with van der Waals surface area (Å²) in [6, 6.07) is 11.8. The zero-order valence-electron chi connectivity index (χ0n) is 11.7. The zero-order chi connectivity index (χ0) is 15.1. The van der Waals surface area contributed by atoms with E-state index in [4.69, 9.17) is 15.2 Å². The number of methoxy groups -OCH3 is 1. The average molecular weight is 285 g/mol. The summed E-state index contributed by atoms with van der Waals surface area (Å²) in [6.45, 7) is 0.495. The van der Waals surface area contributed by atoms with E-state index in [0.717, 1.165) is 11.1 Å². The van der Waals surface area contributed by atoms with E-state index in [1.807, 2.05) is 12.1 Å². The van der Waals surface area contributed by atoms with Gasteiger partial charge in [-0.05, 0) is 30.3 Å². The van der Waals surface area contributed by atoms with Crippen LogP contribution in [0.3, 0.4) is 0 Å². The summed E-state index contributed by atoms with van der Waals surface area (Å²) in [7, 11) is 1.58. The molecule has 2 aromatic rings. The quantitative estimate of drug-likeness (QED) is 0.878. The molecule has 0 amide bonds. The van der Waals surface area contributed by atoms with Crippen LogP contribution in [-0.4, -0.2) is 13.7 Å². The van der Waals surface area contributed by atoms with Crippen LogP contribution >= 0.6 is 0 Å². The monoisotopic (exact) mass is 285 g/mol. The number of ether oxygens (including phenoxy) is 2. The van der Waals surface area contributed by atoms with Crippen molar-refractivity contribution in [3.63, 3.8) is 0 Å². The first-order valence-electron chi connectivity index (χ1n) is 6.47. The summed E-state index contributed by atoms with van der Waals surface area (Å²) >= 11 is 0.